The van der Waals surface area contributed by atoms with Crippen molar-refractivity contribution in [2.24, 2.45) is 14.1 Å². The number of fused-ring (bicyclic) bond motifs is 2. The van der Waals surface area contributed by atoms with Crippen LogP contribution in [0.4, 0.5) is 49.6 Å². The number of aryl methyl sites for hydroxylation is 2. The smallest absolute Gasteiger partial charge is 0.418 e. The van der Waals surface area contributed by atoms with Gasteiger partial charge < -0.3 is 24.8 Å². The molecule has 87 heavy (non-hydrogen) atoms. The molecule has 0 spiro atoms. The molecule has 2 aromatic carbocycles. The number of Topliss-reactive ketones (excluding diaryl/α,β-unsaturated/α-hetero) is 2. The van der Waals surface area contributed by atoms with E-state index in [0.29, 0.717) is 36.5 Å². The van der Waals surface area contributed by atoms with E-state index in [2.05, 4.69) is 114 Å². The van der Waals surface area contributed by atoms with E-state index in [1.807, 2.05) is 80.2 Å². The summed E-state index contributed by atoms with van der Waals surface area (Å²) in [4.78, 5) is 46.7. The van der Waals surface area contributed by atoms with Crippen molar-refractivity contribution in [3.8, 4) is 22.5 Å². The van der Waals surface area contributed by atoms with Crippen LogP contribution in [0.5, 0.6) is 0 Å². The van der Waals surface area contributed by atoms with Gasteiger partial charge in [-0.15, -0.1) is 20.4 Å². The van der Waals surface area contributed by atoms with Gasteiger partial charge in [0.1, 0.15) is 0 Å². The van der Waals surface area contributed by atoms with Crippen LogP contribution in [0.2, 0.25) is 0 Å². The number of hydrogen-bond acceptors (Lipinski definition) is 21. The maximum absolute atomic E-state index is 13.2. The van der Waals surface area contributed by atoms with E-state index in [1.54, 1.807) is 34.2 Å². The molecule has 2 aliphatic heterocycles. The highest BCUT2D eigenvalue weighted by Crippen LogP contribution is 2.37. The zero-order valence-electron chi connectivity index (χ0n) is 49.2. The summed E-state index contributed by atoms with van der Waals surface area (Å²) in [6.45, 7) is 15.8. The maximum Gasteiger partial charge on any atom is 0.523 e. The third-order valence-electron chi connectivity index (χ3n) is 13.7. The van der Waals surface area contributed by atoms with Crippen LogP contribution in [0.15, 0.2) is 94.5 Å². The summed E-state index contributed by atoms with van der Waals surface area (Å²) in [5, 5.41) is 34.5. The predicted molar refractivity (Wildman–Crippen MR) is 306 cm³/mol. The molecule has 6 aromatic heterocycles. The number of nitrogens with one attached hydrogen (secondary N) is 3. The van der Waals surface area contributed by atoms with Crippen molar-refractivity contribution >= 4 is 45.0 Å². The Kier molecular flexibility index (Phi) is 19.9. The van der Waals surface area contributed by atoms with Gasteiger partial charge in [0.05, 0.1) is 35.2 Å². The fourth-order valence-electron chi connectivity index (χ4n) is 9.28. The predicted octanol–water partition coefficient (Wildman–Crippen LogP) is 10.4. The van der Waals surface area contributed by atoms with Gasteiger partial charge in [-0.3, -0.25) is 28.0 Å². The Hall–Kier alpha value is -8.35. The van der Waals surface area contributed by atoms with Crippen LogP contribution in [-0.4, -0.2) is 123 Å². The van der Waals surface area contributed by atoms with Gasteiger partial charge in [-0.25, -0.2) is 19.9 Å². The van der Waals surface area contributed by atoms with Gasteiger partial charge in [0.25, 0.3) is 11.8 Å². The first-order valence-corrected chi connectivity index (χ1v) is 29.0. The summed E-state index contributed by atoms with van der Waals surface area (Å²) in [6, 6.07) is 16.5. The number of hydrogen-bond donors (Lipinski definition) is 3. The lowest BCUT2D eigenvalue weighted by molar-refractivity contribution is -0.156. The van der Waals surface area contributed by atoms with Gasteiger partial charge in [-0.1, -0.05) is 72.7 Å². The fourth-order valence-corrected chi connectivity index (χ4v) is 9.70. The number of anilines is 4. The number of ketones is 2. The Bertz CT molecular complexity index is 3790. The van der Waals surface area contributed by atoms with Crippen LogP contribution in [0.3, 0.4) is 0 Å². The largest absolute Gasteiger partial charge is 0.523 e. The molecule has 3 N–H and O–H groups in total. The second-order valence-corrected chi connectivity index (χ2v) is 24.4. The molecule has 2 atom stereocenters. The van der Waals surface area contributed by atoms with E-state index >= 15 is 0 Å². The highest BCUT2D eigenvalue weighted by atomic mass is 32.2. The van der Waals surface area contributed by atoms with Gasteiger partial charge in [0.2, 0.25) is 35.2 Å². The highest BCUT2D eigenvalue weighted by molar-refractivity contribution is 7.87. The quantitative estimate of drug-likeness (QED) is 0.0372. The summed E-state index contributed by atoms with van der Waals surface area (Å²) >= 11 is 0. The third kappa shape index (κ3) is 17.4. The Morgan fingerprint density at radius 2 is 1.17 bits per heavy atom. The minimum absolute atomic E-state index is 0.0646. The van der Waals surface area contributed by atoms with Gasteiger partial charge in [0.15, 0.2) is 6.61 Å². The molecule has 8 heterocycles. The summed E-state index contributed by atoms with van der Waals surface area (Å²) in [5.74, 6) is 2.05. The molecule has 10 rings (SSSR count). The monoisotopic (exact) mass is 1230 g/mol. The average molecular weight is 1230 g/mol. The van der Waals surface area contributed by atoms with Gasteiger partial charge in [-0.2, -0.15) is 45.0 Å². The van der Waals surface area contributed by atoms with E-state index in [9.17, 15) is 44.3 Å². The first-order valence-electron chi connectivity index (χ1n) is 27.5. The van der Waals surface area contributed by atoms with E-state index < -0.39 is 28.4 Å². The molecule has 0 aliphatic carbocycles. The average Bonchev–Trinajstić information content (AvgIpc) is 4.22. The summed E-state index contributed by atoms with van der Waals surface area (Å²) in [5.41, 5.74) is 3.59. The van der Waals surface area contributed by atoms with E-state index in [1.165, 1.54) is 11.1 Å². The van der Waals surface area contributed by atoms with Crippen molar-refractivity contribution in [1.82, 2.24) is 70.1 Å². The molecule has 2 aliphatic rings. The van der Waals surface area contributed by atoms with E-state index in [0.717, 1.165) is 90.6 Å². The second-order valence-electron chi connectivity index (χ2n) is 22.8. The minimum Gasteiger partial charge on any atom is -0.418 e. The Balaban J connectivity index is 0.000000188. The molecule has 0 saturated heterocycles. The molecular formula is C57H66F6N16O7S. The van der Waals surface area contributed by atoms with Crippen molar-refractivity contribution in [1.29, 1.82) is 0 Å². The fraction of sp³-hybridized carbons (Fsp3) is 0.439. The van der Waals surface area contributed by atoms with Crippen molar-refractivity contribution in [2.45, 2.75) is 122 Å². The molecule has 0 unspecified atom stereocenters. The first-order chi connectivity index (χ1) is 40.9. The van der Waals surface area contributed by atoms with Crippen LogP contribution in [-0.2, 0) is 52.3 Å². The maximum atomic E-state index is 13.2. The standard InChI is InChI=1S/C28H34N8O2.C26H30N8O2.C3H2F6O3S/c1-6-36-12-10-18(14-24(37)25-33-34-26(38-25)28(2,3)4)22-8-7-19(13-20(22)16-36)23-9-11-29-27(32-23)31-21-15-30-35(5)17-21;1-26(2,3)24-33-32-23(36-24)22(35)12-16-7-9-27-13-18-11-17(5-6-20(16)18)21-8-10-28-25(31-21)30-19-14-29-34(4)15-19;4-2(5,6)1-12-13(10,11)3(7,8)9/h7-9,11,13,15,17-18H,6,10,12,14,16H2,1-5H3,(H,29,31,32);5-6,8,10-11,14-16,27H,7,9,12-13H2,1-4H3,(H,28,30,31);1H2/t18-;16-;/m00./s1. The first kappa shape index (κ1) is 64.6. The molecule has 23 nitrogen and oxygen atoms in total. The topological polar surface area (TPSA) is 282 Å². The zero-order valence-corrected chi connectivity index (χ0v) is 50.0. The number of carbonyl (C=O) groups is 2. The van der Waals surface area contributed by atoms with E-state index in [4.69, 9.17) is 13.8 Å². The van der Waals surface area contributed by atoms with Gasteiger partial charge in [-0.05, 0) is 90.8 Å². The Labute approximate surface area is 497 Å². The van der Waals surface area contributed by atoms with Crippen LogP contribution >= 0.6 is 0 Å². The van der Waals surface area contributed by atoms with Gasteiger partial charge >= 0.3 is 21.8 Å². The van der Waals surface area contributed by atoms with Crippen molar-refractivity contribution in [3.05, 3.63) is 132 Å². The lowest BCUT2D eigenvalue weighted by Gasteiger charge is -2.18. The molecule has 464 valence electrons. The molecule has 0 bridgehead atoms. The van der Waals surface area contributed by atoms with Crippen LogP contribution < -0.4 is 16.0 Å². The SMILES string of the molecule is CCN1CC[C@@H](CC(=O)c2nnc(C(C)(C)C)o2)c2ccc(-c3ccnc(Nc4cnn(C)c4)n3)cc2C1.Cn1cc(Nc2nccc(-c3ccc4c(c3)CNCC[C@H]4CC(=O)c3nnc(C(C)(C)C)o3)n2)cn1.O=S(=O)(OCC(F)(F)F)C(F)(F)F. The van der Waals surface area contributed by atoms with Crippen LogP contribution in [0, 0.1) is 0 Å². The van der Waals surface area contributed by atoms with Crippen LogP contribution in [0.1, 0.15) is 141 Å². The molecule has 30 heteroatoms. The number of halogens is 6. The number of nitrogens with zero attached hydrogens (tertiary/aromatic N) is 13. The second kappa shape index (κ2) is 26.7. The number of carbonyl (C=O) groups excluding carboxylic acids is 2. The number of aromatic nitrogens is 12. The number of benzene rings is 2. The number of alkyl halides is 6. The summed E-state index contributed by atoms with van der Waals surface area (Å²) < 4.78 is 105. The third-order valence-corrected chi connectivity index (χ3v) is 14.7. The highest BCUT2D eigenvalue weighted by Gasteiger charge is 2.49. The number of rotatable bonds is 15. The van der Waals surface area contributed by atoms with Crippen LogP contribution in [0.25, 0.3) is 22.5 Å². The van der Waals surface area contributed by atoms with Gasteiger partial charge in [0, 0.05) is 86.8 Å². The zero-order chi connectivity index (χ0) is 63.1. The lowest BCUT2D eigenvalue weighted by atomic mass is 9.87. The minimum atomic E-state index is -6.15. The van der Waals surface area contributed by atoms with Crippen molar-refractivity contribution < 1.29 is 57.4 Å². The molecule has 0 saturated carbocycles. The summed E-state index contributed by atoms with van der Waals surface area (Å²) in [6.07, 6.45) is 7.96. The van der Waals surface area contributed by atoms with Crippen molar-refractivity contribution in [2.75, 3.05) is 36.9 Å². The molecule has 8 aromatic rings. The summed E-state index contributed by atoms with van der Waals surface area (Å²) in [7, 11) is -2.43. The molecule has 0 amide bonds. The lowest BCUT2D eigenvalue weighted by Crippen LogP contribution is -2.29. The normalized spacial score (nSPS) is 15.8. The van der Waals surface area contributed by atoms with Crippen molar-refractivity contribution in [3.63, 3.8) is 0 Å². The Morgan fingerprint density at radius 3 is 1.61 bits per heavy atom. The molecular weight excluding hydrogens is 1170 g/mol. The molecule has 0 fully saturated rings. The Morgan fingerprint density at radius 1 is 0.690 bits per heavy atom. The van der Waals surface area contributed by atoms with E-state index in [-0.39, 0.29) is 46.0 Å². The molecule has 0 radical (unpaired) electrons.